The van der Waals surface area contributed by atoms with Crippen LogP contribution in [0.5, 0.6) is 5.75 Å². The number of hydrogen-bond donors (Lipinski definition) is 4. The van der Waals surface area contributed by atoms with Crippen LogP contribution in [0.4, 0.5) is 0 Å². The average molecular weight is 239 g/mol. The number of benzene rings is 1. The highest BCUT2D eigenvalue weighted by Gasteiger charge is 2.14. The van der Waals surface area contributed by atoms with E-state index < -0.39 is 18.0 Å². The molecule has 0 fully saturated rings. The SMILES string of the molecule is O=C(Cc1ccccc1O)NC[C@H](O)C(=O)O. The number of phenols is 1. The second kappa shape index (κ2) is 5.86. The van der Waals surface area contributed by atoms with Crippen molar-refractivity contribution < 1.29 is 24.9 Å². The van der Waals surface area contributed by atoms with E-state index in [0.717, 1.165) is 0 Å². The van der Waals surface area contributed by atoms with Gasteiger partial charge in [0.2, 0.25) is 5.91 Å². The Hall–Kier alpha value is -2.08. The van der Waals surface area contributed by atoms with Crippen LogP contribution < -0.4 is 5.32 Å². The summed E-state index contributed by atoms with van der Waals surface area (Å²) in [5, 5.41) is 29.0. The molecule has 6 nitrogen and oxygen atoms in total. The summed E-state index contributed by atoms with van der Waals surface area (Å²) in [5.74, 6) is -1.86. The van der Waals surface area contributed by atoms with Gasteiger partial charge in [0.25, 0.3) is 0 Å². The maximum absolute atomic E-state index is 11.4. The number of aliphatic hydroxyl groups is 1. The predicted octanol–water partition coefficient (Wildman–Crippen LogP) is -0.504. The monoisotopic (exact) mass is 239 g/mol. The molecule has 0 aliphatic heterocycles. The van der Waals surface area contributed by atoms with Gasteiger partial charge in [-0.2, -0.15) is 0 Å². The molecule has 0 saturated heterocycles. The van der Waals surface area contributed by atoms with Gasteiger partial charge in [-0.3, -0.25) is 4.79 Å². The molecule has 0 aliphatic rings. The van der Waals surface area contributed by atoms with E-state index in [1.807, 2.05) is 0 Å². The van der Waals surface area contributed by atoms with Gasteiger partial charge in [0.05, 0.1) is 13.0 Å². The van der Waals surface area contributed by atoms with Crippen molar-refractivity contribution in [2.45, 2.75) is 12.5 Å². The zero-order chi connectivity index (χ0) is 12.8. The summed E-state index contributed by atoms with van der Waals surface area (Å²) in [6, 6.07) is 6.34. The molecule has 0 aliphatic carbocycles. The number of carbonyl (C=O) groups is 2. The van der Waals surface area contributed by atoms with E-state index in [1.54, 1.807) is 18.2 Å². The number of aliphatic carboxylic acids is 1. The molecular weight excluding hydrogens is 226 g/mol. The summed E-state index contributed by atoms with van der Waals surface area (Å²) in [6.07, 6.45) is -1.69. The van der Waals surface area contributed by atoms with E-state index in [0.29, 0.717) is 5.56 Å². The van der Waals surface area contributed by atoms with Crippen LogP contribution in [0.25, 0.3) is 0 Å². The minimum Gasteiger partial charge on any atom is -0.508 e. The quantitative estimate of drug-likeness (QED) is 0.554. The first-order valence-corrected chi connectivity index (χ1v) is 4.95. The summed E-state index contributed by atoms with van der Waals surface area (Å²) in [4.78, 5) is 21.6. The Balaban J connectivity index is 2.46. The molecule has 1 aromatic rings. The molecule has 1 atom stereocenters. The zero-order valence-corrected chi connectivity index (χ0v) is 8.96. The van der Waals surface area contributed by atoms with E-state index >= 15 is 0 Å². The Morgan fingerprint density at radius 1 is 1.29 bits per heavy atom. The minimum atomic E-state index is -1.62. The number of phenolic OH excluding ortho intramolecular Hbond substituents is 1. The summed E-state index contributed by atoms with van der Waals surface area (Å²) in [6.45, 7) is -0.359. The number of carboxylic acid groups (broad SMARTS) is 1. The smallest absolute Gasteiger partial charge is 0.334 e. The molecular formula is C11H13NO5. The maximum atomic E-state index is 11.4. The van der Waals surface area contributed by atoms with Crippen molar-refractivity contribution in [1.82, 2.24) is 5.32 Å². The van der Waals surface area contributed by atoms with Gasteiger partial charge in [-0.15, -0.1) is 0 Å². The molecule has 0 bridgehead atoms. The van der Waals surface area contributed by atoms with Crippen molar-refractivity contribution in [3.8, 4) is 5.75 Å². The molecule has 0 spiro atoms. The predicted molar refractivity (Wildman–Crippen MR) is 58.5 cm³/mol. The van der Waals surface area contributed by atoms with Crippen molar-refractivity contribution in [1.29, 1.82) is 0 Å². The van der Waals surface area contributed by atoms with Gasteiger partial charge < -0.3 is 20.6 Å². The Morgan fingerprint density at radius 3 is 2.53 bits per heavy atom. The fraction of sp³-hybridized carbons (Fsp3) is 0.273. The molecule has 6 heteroatoms. The summed E-state index contributed by atoms with van der Waals surface area (Å²) >= 11 is 0. The number of aromatic hydroxyl groups is 1. The number of carbonyl (C=O) groups excluding carboxylic acids is 1. The first-order chi connectivity index (χ1) is 8.00. The fourth-order valence-corrected chi connectivity index (χ4v) is 1.19. The van der Waals surface area contributed by atoms with Crippen molar-refractivity contribution >= 4 is 11.9 Å². The van der Waals surface area contributed by atoms with Gasteiger partial charge in [0, 0.05) is 5.56 Å². The van der Waals surface area contributed by atoms with Crippen LogP contribution in [0.1, 0.15) is 5.56 Å². The van der Waals surface area contributed by atoms with Gasteiger partial charge in [-0.05, 0) is 6.07 Å². The van der Waals surface area contributed by atoms with E-state index in [9.17, 15) is 14.7 Å². The Bertz CT molecular complexity index is 418. The van der Waals surface area contributed by atoms with Crippen molar-refractivity contribution in [2.75, 3.05) is 6.54 Å². The van der Waals surface area contributed by atoms with Crippen LogP contribution >= 0.6 is 0 Å². The molecule has 1 aromatic carbocycles. The molecule has 1 rings (SSSR count). The third kappa shape index (κ3) is 4.12. The second-order valence-corrected chi connectivity index (χ2v) is 3.46. The van der Waals surface area contributed by atoms with Gasteiger partial charge in [-0.25, -0.2) is 4.79 Å². The Kier molecular flexibility index (Phi) is 4.47. The van der Waals surface area contributed by atoms with Crippen LogP contribution in [0.3, 0.4) is 0 Å². The standard InChI is InChI=1S/C11H13NO5/c13-8-4-2-1-3-7(8)5-10(15)12-6-9(14)11(16)17/h1-4,9,13-14H,5-6H2,(H,12,15)(H,16,17)/t9-/m0/s1. The number of para-hydroxylation sites is 1. The molecule has 0 radical (unpaired) electrons. The summed E-state index contributed by atoms with van der Waals surface area (Å²) in [5.41, 5.74) is 0.440. The lowest BCUT2D eigenvalue weighted by molar-refractivity contribution is -0.146. The normalized spacial score (nSPS) is 11.8. The van der Waals surface area contributed by atoms with E-state index in [1.165, 1.54) is 6.07 Å². The Labute approximate surface area is 97.5 Å². The molecule has 0 saturated carbocycles. The highest BCUT2D eigenvalue weighted by atomic mass is 16.4. The third-order valence-electron chi connectivity index (χ3n) is 2.12. The minimum absolute atomic E-state index is 0.00133. The molecule has 0 heterocycles. The number of aliphatic hydroxyl groups excluding tert-OH is 1. The second-order valence-electron chi connectivity index (χ2n) is 3.46. The fourth-order valence-electron chi connectivity index (χ4n) is 1.19. The Morgan fingerprint density at radius 2 is 1.94 bits per heavy atom. The molecule has 1 amide bonds. The van der Waals surface area contributed by atoms with E-state index in [-0.39, 0.29) is 18.7 Å². The number of rotatable bonds is 5. The first kappa shape index (κ1) is 13.0. The number of carboxylic acids is 1. The number of hydrogen-bond acceptors (Lipinski definition) is 4. The molecule has 17 heavy (non-hydrogen) atoms. The van der Waals surface area contributed by atoms with Crippen LogP contribution in [0, 0.1) is 0 Å². The van der Waals surface area contributed by atoms with Gasteiger partial charge in [-0.1, -0.05) is 18.2 Å². The van der Waals surface area contributed by atoms with Crippen LogP contribution in [0.15, 0.2) is 24.3 Å². The molecule has 92 valence electrons. The van der Waals surface area contributed by atoms with E-state index in [4.69, 9.17) is 10.2 Å². The largest absolute Gasteiger partial charge is 0.508 e. The highest BCUT2D eigenvalue weighted by Crippen LogP contribution is 2.15. The lowest BCUT2D eigenvalue weighted by atomic mass is 10.1. The molecule has 4 N–H and O–H groups in total. The topological polar surface area (TPSA) is 107 Å². The van der Waals surface area contributed by atoms with Crippen molar-refractivity contribution in [3.05, 3.63) is 29.8 Å². The summed E-state index contributed by atoms with van der Waals surface area (Å²) < 4.78 is 0. The first-order valence-electron chi connectivity index (χ1n) is 4.95. The summed E-state index contributed by atoms with van der Waals surface area (Å²) in [7, 11) is 0. The van der Waals surface area contributed by atoms with Gasteiger partial charge >= 0.3 is 5.97 Å². The van der Waals surface area contributed by atoms with Gasteiger partial charge in [0.15, 0.2) is 6.10 Å². The van der Waals surface area contributed by atoms with Gasteiger partial charge in [0.1, 0.15) is 5.75 Å². The van der Waals surface area contributed by atoms with Crippen molar-refractivity contribution in [3.63, 3.8) is 0 Å². The average Bonchev–Trinajstić information content (AvgIpc) is 2.29. The van der Waals surface area contributed by atoms with Crippen LogP contribution in [-0.4, -0.2) is 39.8 Å². The highest BCUT2D eigenvalue weighted by molar-refractivity contribution is 5.80. The van der Waals surface area contributed by atoms with Crippen LogP contribution in [0.2, 0.25) is 0 Å². The van der Waals surface area contributed by atoms with E-state index in [2.05, 4.69) is 5.32 Å². The van der Waals surface area contributed by atoms with Crippen LogP contribution in [-0.2, 0) is 16.0 Å². The molecule has 0 aromatic heterocycles. The number of nitrogens with one attached hydrogen (secondary N) is 1. The zero-order valence-electron chi connectivity index (χ0n) is 8.96. The lowest BCUT2D eigenvalue weighted by Crippen LogP contribution is -2.37. The lowest BCUT2D eigenvalue weighted by Gasteiger charge is -2.08. The molecule has 0 unspecified atom stereocenters. The maximum Gasteiger partial charge on any atom is 0.334 e. The third-order valence-corrected chi connectivity index (χ3v) is 2.12. The van der Waals surface area contributed by atoms with Crippen molar-refractivity contribution in [2.24, 2.45) is 0 Å². The number of amides is 1.